The van der Waals surface area contributed by atoms with Crippen LogP contribution in [0.4, 0.5) is 0 Å². The highest BCUT2D eigenvalue weighted by Gasteiger charge is 2.57. The Hall–Kier alpha value is -0.0800. The van der Waals surface area contributed by atoms with Gasteiger partial charge >= 0.3 is 0 Å². The van der Waals surface area contributed by atoms with Crippen LogP contribution in [0.25, 0.3) is 0 Å². The summed E-state index contributed by atoms with van der Waals surface area (Å²) >= 11 is 0. The maximum Gasteiger partial charge on any atom is 0.0943 e. The van der Waals surface area contributed by atoms with Crippen LogP contribution in [-0.2, 0) is 9.47 Å². The van der Waals surface area contributed by atoms with Gasteiger partial charge in [0.15, 0.2) is 0 Å². The molecule has 2 heteroatoms. The average Bonchev–Trinajstić information content (AvgIpc) is 2.94. The van der Waals surface area contributed by atoms with Gasteiger partial charge in [0, 0.05) is 0 Å². The van der Waals surface area contributed by atoms with Gasteiger partial charge < -0.3 is 9.47 Å². The Morgan fingerprint density at radius 1 is 0.933 bits per heavy atom. The number of hydrogen-bond donors (Lipinski definition) is 0. The van der Waals surface area contributed by atoms with Crippen LogP contribution in [0.3, 0.4) is 0 Å². The zero-order valence-electron chi connectivity index (χ0n) is 10.8. The van der Waals surface area contributed by atoms with E-state index in [-0.39, 0.29) is 11.2 Å². The van der Waals surface area contributed by atoms with Crippen molar-refractivity contribution in [2.75, 3.05) is 0 Å². The van der Waals surface area contributed by atoms with Crippen molar-refractivity contribution in [3.8, 4) is 0 Å². The molecule has 0 aromatic rings. The molecule has 88 valence electrons. The minimum absolute atomic E-state index is 0.128. The monoisotopic (exact) mass is 212 g/mol. The molecule has 0 radical (unpaired) electrons. The smallest absolute Gasteiger partial charge is 0.0943 e. The number of epoxide rings is 2. The summed E-state index contributed by atoms with van der Waals surface area (Å²) in [5, 5.41) is 0. The Balaban J connectivity index is 1.87. The van der Waals surface area contributed by atoms with Gasteiger partial charge in [-0.25, -0.2) is 0 Å². The Kier molecular flexibility index (Phi) is 2.44. The van der Waals surface area contributed by atoms with Gasteiger partial charge in [-0.15, -0.1) is 0 Å². The van der Waals surface area contributed by atoms with Gasteiger partial charge in [0.1, 0.15) is 0 Å². The standard InChI is InChI=1S/C13H24O2/c1-8(12(5)10(3)14-12)7-9(2)13(6)11(4)15-13/h8-11H,7H2,1-6H3. The van der Waals surface area contributed by atoms with Crippen LogP contribution in [0, 0.1) is 11.8 Å². The van der Waals surface area contributed by atoms with Crippen molar-refractivity contribution < 1.29 is 9.47 Å². The van der Waals surface area contributed by atoms with Crippen LogP contribution in [-0.4, -0.2) is 23.4 Å². The Bertz CT molecular complexity index is 239. The van der Waals surface area contributed by atoms with Crippen LogP contribution < -0.4 is 0 Å². The molecule has 2 rings (SSSR count). The number of rotatable bonds is 4. The van der Waals surface area contributed by atoms with Gasteiger partial charge in [0.25, 0.3) is 0 Å². The van der Waals surface area contributed by atoms with Crippen molar-refractivity contribution >= 4 is 0 Å². The van der Waals surface area contributed by atoms with E-state index in [1.165, 1.54) is 6.42 Å². The second-order valence-corrected chi connectivity index (χ2v) is 5.93. The Morgan fingerprint density at radius 2 is 1.20 bits per heavy atom. The van der Waals surface area contributed by atoms with Crippen LogP contribution in [0.1, 0.15) is 48.0 Å². The topological polar surface area (TPSA) is 25.1 Å². The van der Waals surface area contributed by atoms with E-state index >= 15 is 0 Å². The van der Waals surface area contributed by atoms with E-state index in [0.717, 1.165) is 0 Å². The van der Waals surface area contributed by atoms with Gasteiger partial charge in [-0.1, -0.05) is 13.8 Å². The third-order valence-corrected chi connectivity index (χ3v) is 5.03. The summed E-state index contributed by atoms with van der Waals surface area (Å²) in [6.07, 6.45) is 2.07. The lowest BCUT2D eigenvalue weighted by Crippen LogP contribution is -2.28. The summed E-state index contributed by atoms with van der Waals surface area (Å²) in [6.45, 7) is 13.4. The molecule has 2 fully saturated rings. The molecule has 2 heterocycles. The second-order valence-electron chi connectivity index (χ2n) is 5.93. The first-order chi connectivity index (χ1) is 6.80. The zero-order valence-corrected chi connectivity index (χ0v) is 10.8. The summed E-state index contributed by atoms with van der Waals surface area (Å²) in [5.74, 6) is 1.24. The largest absolute Gasteiger partial charge is 0.366 e. The lowest BCUT2D eigenvalue weighted by Gasteiger charge is -2.23. The van der Waals surface area contributed by atoms with E-state index in [9.17, 15) is 0 Å². The van der Waals surface area contributed by atoms with Crippen molar-refractivity contribution in [2.45, 2.75) is 71.4 Å². The fourth-order valence-electron chi connectivity index (χ4n) is 2.73. The molecule has 2 aliphatic rings. The molecule has 0 aromatic carbocycles. The second kappa shape index (κ2) is 3.21. The van der Waals surface area contributed by atoms with E-state index < -0.39 is 0 Å². The molecule has 0 aromatic heterocycles. The molecule has 15 heavy (non-hydrogen) atoms. The summed E-state index contributed by atoms with van der Waals surface area (Å²) < 4.78 is 11.4. The van der Waals surface area contributed by atoms with E-state index in [1.54, 1.807) is 0 Å². The third kappa shape index (κ3) is 1.72. The molecular weight excluding hydrogens is 188 g/mol. The highest BCUT2D eigenvalue weighted by molar-refractivity contribution is 5.04. The molecule has 2 aliphatic heterocycles. The average molecular weight is 212 g/mol. The van der Waals surface area contributed by atoms with E-state index in [2.05, 4.69) is 41.5 Å². The molecular formula is C13H24O2. The fourth-order valence-corrected chi connectivity index (χ4v) is 2.73. The SMILES string of the molecule is CC(CC(C)C1(C)OC1C)C1(C)OC1C. The van der Waals surface area contributed by atoms with Gasteiger partial charge in [-0.3, -0.25) is 0 Å². The molecule has 0 bridgehead atoms. The summed E-state index contributed by atoms with van der Waals surface area (Å²) in [4.78, 5) is 0. The van der Waals surface area contributed by atoms with Crippen molar-refractivity contribution in [1.29, 1.82) is 0 Å². The molecule has 0 aliphatic carbocycles. The minimum Gasteiger partial charge on any atom is -0.366 e. The van der Waals surface area contributed by atoms with Gasteiger partial charge in [-0.05, 0) is 46.0 Å². The molecule has 0 N–H and O–H groups in total. The number of ether oxygens (including phenoxy) is 2. The molecule has 6 atom stereocenters. The normalized spacial score (nSPS) is 52.4. The predicted octanol–water partition coefficient (Wildman–Crippen LogP) is 3.00. The fraction of sp³-hybridized carbons (Fsp3) is 1.00. The highest BCUT2D eigenvalue weighted by atomic mass is 16.6. The van der Waals surface area contributed by atoms with Crippen molar-refractivity contribution in [2.24, 2.45) is 11.8 Å². The van der Waals surface area contributed by atoms with Gasteiger partial charge in [0.2, 0.25) is 0 Å². The summed E-state index contributed by atoms with van der Waals surface area (Å²) in [7, 11) is 0. The Labute approximate surface area is 93.3 Å². The van der Waals surface area contributed by atoms with E-state index in [0.29, 0.717) is 24.0 Å². The first-order valence-electron chi connectivity index (χ1n) is 6.16. The summed E-state index contributed by atoms with van der Waals surface area (Å²) in [5.41, 5.74) is 0.255. The minimum atomic E-state index is 0.128. The predicted molar refractivity (Wildman–Crippen MR) is 60.8 cm³/mol. The molecule has 0 saturated carbocycles. The highest BCUT2D eigenvalue weighted by Crippen LogP contribution is 2.49. The molecule has 0 amide bonds. The first-order valence-corrected chi connectivity index (χ1v) is 6.16. The van der Waals surface area contributed by atoms with Gasteiger partial charge in [-0.2, -0.15) is 0 Å². The first kappa shape index (κ1) is 11.4. The lowest BCUT2D eigenvalue weighted by atomic mass is 9.80. The van der Waals surface area contributed by atoms with E-state index in [4.69, 9.17) is 9.47 Å². The van der Waals surface area contributed by atoms with Crippen molar-refractivity contribution in [1.82, 2.24) is 0 Å². The van der Waals surface area contributed by atoms with Crippen LogP contribution in [0.5, 0.6) is 0 Å². The Morgan fingerprint density at radius 3 is 1.40 bits per heavy atom. The molecule has 0 spiro atoms. The van der Waals surface area contributed by atoms with Crippen LogP contribution >= 0.6 is 0 Å². The third-order valence-electron chi connectivity index (χ3n) is 5.03. The quantitative estimate of drug-likeness (QED) is 0.669. The van der Waals surface area contributed by atoms with Crippen molar-refractivity contribution in [3.63, 3.8) is 0 Å². The molecule has 2 nitrogen and oxygen atoms in total. The lowest BCUT2D eigenvalue weighted by molar-refractivity contribution is 0.173. The molecule has 6 unspecified atom stereocenters. The molecule has 2 saturated heterocycles. The zero-order chi connectivity index (χ0) is 11.4. The van der Waals surface area contributed by atoms with Crippen LogP contribution in [0.15, 0.2) is 0 Å². The maximum absolute atomic E-state index is 5.69. The van der Waals surface area contributed by atoms with Crippen molar-refractivity contribution in [3.05, 3.63) is 0 Å². The maximum atomic E-state index is 5.69. The van der Waals surface area contributed by atoms with Gasteiger partial charge in [0.05, 0.1) is 23.4 Å². The number of hydrogen-bond acceptors (Lipinski definition) is 2. The van der Waals surface area contributed by atoms with E-state index in [1.807, 2.05) is 0 Å². The summed E-state index contributed by atoms with van der Waals surface area (Å²) in [6, 6.07) is 0. The van der Waals surface area contributed by atoms with Crippen LogP contribution in [0.2, 0.25) is 0 Å².